The lowest BCUT2D eigenvalue weighted by Gasteiger charge is -2.28. The first-order valence-corrected chi connectivity index (χ1v) is 7.74. The predicted molar refractivity (Wildman–Crippen MR) is 80.1 cm³/mol. The summed E-state index contributed by atoms with van der Waals surface area (Å²) in [6.45, 7) is 5.21. The summed E-state index contributed by atoms with van der Waals surface area (Å²) in [5.41, 5.74) is 1.21. The smallest absolute Gasteiger partial charge is 0.163 e. The van der Waals surface area contributed by atoms with E-state index in [9.17, 15) is 0 Å². The summed E-state index contributed by atoms with van der Waals surface area (Å²) < 4.78 is 0. The van der Waals surface area contributed by atoms with Crippen molar-refractivity contribution < 1.29 is 0 Å². The molecule has 2 aromatic rings. The van der Waals surface area contributed by atoms with Gasteiger partial charge in [-0.25, -0.2) is 0 Å². The van der Waals surface area contributed by atoms with Crippen LogP contribution < -0.4 is 0 Å². The predicted octanol–water partition coefficient (Wildman–Crippen LogP) is 3.54. The zero-order valence-electron chi connectivity index (χ0n) is 11.4. The van der Waals surface area contributed by atoms with E-state index < -0.39 is 0 Å². The molecule has 1 aromatic heterocycles. The maximum absolute atomic E-state index is 4.48. The number of tetrazole rings is 1. The molecule has 0 aliphatic heterocycles. The molecule has 0 bridgehead atoms. The molecule has 5 heteroatoms. The van der Waals surface area contributed by atoms with E-state index in [4.69, 9.17) is 0 Å². The minimum Gasteiger partial charge on any atom is -0.163 e. The van der Waals surface area contributed by atoms with Crippen molar-refractivity contribution in [1.29, 1.82) is 0 Å². The summed E-state index contributed by atoms with van der Waals surface area (Å²) in [4.78, 5) is 1.72. The van der Waals surface area contributed by atoms with Crippen molar-refractivity contribution >= 4 is 15.9 Å². The van der Waals surface area contributed by atoms with Crippen molar-refractivity contribution in [2.75, 3.05) is 5.33 Å². The van der Waals surface area contributed by atoms with Crippen LogP contribution in [0.25, 0.3) is 11.4 Å². The van der Waals surface area contributed by atoms with Gasteiger partial charge in [0.1, 0.15) is 0 Å². The maximum Gasteiger partial charge on any atom is 0.204 e. The van der Waals surface area contributed by atoms with E-state index in [1.165, 1.54) is 0 Å². The molecule has 0 aliphatic carbocycles. The largest absolute Gasteiger partial charge is 0.204 e. The molecule has 4 nitrogen and oxygen atoms in total. The highest BCUT2D eigenvalue weighted by atomic mass is 79.9. The fourth-order valence-electron chi connectivity index (χ4n) is 2.02. The Kier molecular flexibility index (Phi) is 4.69. The monoisotopic (exact) mass is 322 g/mol. The Morgan fingerprint density at radius 1 is 1.16 bits per heavy atom. The van der Waals surface area contributed by atoms with Gasteiger partial charge in [-0.15, -0.1) is 10.2 Å². The molecular weight excluding hydrogens is 304 g/mol. The van der Waals surface area contributed by atoms with Crippen LogP contribution >= 0.6 is 15.9 Å². The number of aromatic nitrogens is 4. The van der Waals surface area contributed by atoms with Crippen LogP contribution in [0.4, 0.5) is 0 Å². The van der Waals surface area contributed by atoms with Crippen LogP contribution in [0, 0.1) is 5.41 Å². The lowest BCUT2D eigenvalue weighted by molar-refractivity contribution is 0.231. The van der Waals surface area contributed by atoms with Gasteiger partial charge >= 0.3 is 0 Å². The Morgan fingerprint density at radius 3 is 2.42 bits per heavy atom. The first-order valence-electron chi connectivity index (χ1n) is 6.62. The molecule has 1 aromatic carbocycles. The van der Waals surface area contributed by atoms with Crippen LogP contribution in [-0.4, -0.2) is 25.5 Å². The second kappa shape index (κ2) is 6.28. The van der Waals surface area contributed by atoms with E-state index in [0.29, 0.717) is 5.82 Å². The molecule has 1 heterocycles. The Balaban J connectivity index is 2.18. The number of benzene rings is 1. The van der Waals surface area contributed by atoms with Crippen molar-refractivity contribution in [1.82, 2.24) is 20.2 Å². The topological polar surface area (TPSA) is 43.6 Å². The van der Waals surface area contributed by atoms with Crippen LogP contribution in [0.15, 0.2) is 30.3 Å². The van der Waals surface area contributed by atoms with Crippen molar-refractivity contribution in [2.45, 2.75) is 33.2 Å². The minimum absolute atomic E-state index is 0.203. The van der Waals surface area contributed by atoms with E-state index in [1.54, 1.807) is 4.80 Å². The normalized spacial score (nSPS) is 11.7. The Labute approximate surface area is 122 Å². The highest BCUT2D eigenvalue weighted by molar-refractivity contribution is 9.09. The van der Waals surface area contributed by atoms with Crippen LogP contribution in [0.2, 0.25) is 0 Å². The summed E-state index contributed by atoms with van der Waals surface area (Å²) in [6.07, 6.45) is 2.19. The van der Waals surface area contributed by atoms with Gasteiger partial charge < -0.3 is 0 Å². The van der Waals surface area contributed by atoms with Gasteiger partial charge in [0, 0.05) is 16.3 Å². The minimum atomic E-state index is 0.203. The summed E-state index contributed by atoms with van der Waals surface area (Å²) in [6, 6.07) is 9.95. The highest BCUT2D eigenvalue weighted by Gasteiger charge is 2.26. The van der Waals surface area contributed by atoms with Gasteiger partial charge in [0.25, 0.3) is 0 Å². The van der Waals surface area contributed by atoms with Gasteiger partial charge in [-0.05, 0) is 18.1 Å². The Morgan fingerprint density at radius 2 is 1.84 bits per heavy atom. The SMILES string of the molecule is CCC(CC)(CBr)Cn1nnc(-c2ccccc2)n1. The number of nitrogens with zero attached hydrogens (tertiary/aromatic N) is 4. The molecule has 0 spiro atoms. The molecule has 0 saturated heterocycles. The molecule has 0 radical (unpaired) electrons. The number of hydrogen-bond donors (Lipinski definition) is 0. The molecule has 0 saturated carbocycles. The van der Waals surface area contributed by atoms with Gasteiger partial charge in [-0.2, -0.15) is 4.80 Å². The third-order valence-corrected chi connectivity index (χ3v) is 4.93. The van der Waals surface area contributed by atoms with E-state index in [1.807, 2.05) is 30.3 Å². The van der Waals surface area contributed by atoms with Gasteiger partial charge in [0.05, 0.1) is 6.54 Å². The lowest BCUT2D eigenvalue weighted by Crippen LogP contribution is -2.28. The highest BCUT2D eigenvalue weighted by Crippen LogP contribution is 2.30. The standard InChI is InChI=1S/C14H19BrN4/c1-3-14(4-2,10-15)11-19-17-13(16-18-19)12-8-6-5-7-9-12/h5-9H,3-4,10-11H2,1-2H3. The van der Waals surface area contributed by atoms with Gasteiger partial charge in [-0.3, -0.25) is 0 Å². The zero-order chi connectivity index (χ0) is 13.7. The summed E-state index contributed by atoms with van der Waals surface area (Å²) in [5, 5.41) is 13.8. The van der Waals surface area contributed by atoms with E-state index in [0.717, 1.165) is 30.3 Å². The molecule has 19 heavy (non-hydrogen) atoms. The van der Waals surface area contributed by atoms with Crippen molar-refractivity contribution in [2.24, 2.45) is 5.41 Å². The average molecular weight is 323 g/mol. The second-order valence-corrected chi connectivity index (χ2v) is 5.41. The van der Waals surface area contributed by atoms with Crippen molar-refractivity contribution in [3.63, 3.8) is 0 Å². The molecule has 0 unspecified atom stereocenters. The Hall–Kier alpha value is -1.23. The van der Waals surface area contributed by atoms with Crippen LogP contribution in [0.5, 0.6) is 0 Å². The van der Waals surface area contributed by atoms with Gasteiger partial charge in [-0.1, -0.05) is 60.1 Å². The summed E-state index contributed by atoms with van der Waals surface area (Å²) in [7, 11) is 0. The number of hydrogen-bond acceptors (Lipinski definition) is 3. The molecule has 0 amide bonds. The van der Waals surface area contributed by atoms with Crippen LogP contribution in [-0.2, 0) is 6.54 Å². The first-order chi connectivity index (χ1) is 9.23. The molecule has 102 valence electrons. The lowest BCUT2D eigenvalue weighted by atomic mass is 9.85. The number of alkyl halides is 1. The van der Waals surface area contributed by atoms with Gasteiger partial charge in [0.15, 0.2) is 0 Å². The quantitative estimate of drug-likeness (QED) is 0.764. The molecule has 0 aliphatic rings. The zero-order valence-corrected chi connectivity index (χ0v) is 13.0. The summed E-state index contributed by atoms with van der Waals surface area (Å²) in [5.74, 6) is 0.691. The maximum atomic E-state index is 4.48. The third kappa shape index (κ3) is 3.21. The summed E-state index contributed by atoms with van der Waals surface area (Å²) >= 11 is 3.61. The van der Waals surface area contributed by atoms with Crippen LogP contribution in [0.1, 0.15) is 26.7 Å². The van der Waals surface area contributed by atoms with Crippen molar-refractivity contribution in [3.05, 3.63) is 30.3 Å². The molecule has 2 rings (SSSR count). The van der Waals surface area contributed by atoms with E-state index in [-0.39, 0.29) is 5.41 Å². The van der Waals surface area contributed by atoms with E-state index in [2.05, 4.69) is 45.2 Å². The molecule has 0 N–H and O–H groups in total. The third-order valence-electron chi connectivity index (χ3n) is 3.75. The van der Waals surface area contributed by atoms with E-state index >= 15 is 0 Å². The molecule has 0 atom stereocenters. The first kappa shape index (κ1) is 14.2. The fourth-order valence-corrected chi connectivity index (χ4v) is 2.99. The molecule has 0 fully saturated rings. The van der Waals surface area contributed by atoms with Gasteiger partial charge in [0.2, 0.25) is 5.82 Å². The average Bonchev–Trinajstić information content (AvgIpc) is 2.94. The second-order valence-electron chi connectivity index (χ2n) is 4.85. The molecular formula is C14H19BrN4. The Bertz CT molecular complexity index is 497. The van der Waals surface area contributed by atoms with Crippen LogP contribution in [0.3, 0.4) is 0 Å². The fraction of sp³-hybridized carbons (Fsp3) is 0.500. The van der Waals surface area contributed by atoms with Crippen molar-refractivity contribution in [3.8, 4) is 11.4 Å². The number of halogens is 1. The number of rotatable bonds is 6.